The van der Waals surface area contributed by atoms with Crippen molar-refractivity contribution in [2.45, 2.75) is 19.8 Å². The maximum Gasteiger partial charge on any atom is 0.322 e. The van der Waals surface area contributed by atoms with E-state index in [9.17, 15) is 14.4 Å². The van der Waals surface area contributed by atoms with Crippen LogP contribution in [0.4, 0.5) is 4.79 Å². The quantitative estimate of drug-likeness (QED) is 0.572. The number of hydrogen-bond acceptors (Lipinski definition) is 3. The number of amides is 3. The summed E-state index contributed by atoms with van der Waals surface area (Å²) in [7, 11) is 0. The van der Waals surface area contributed by atoms with Gasteiger partial charge in [-0.2, -0.15) is 0 Å². The lowest BCUT2D eigenvalue weighted by Crippen LogP contribution is -2.40. The maximum atomic E-state index is 11.2. The molecule has 1 unspecified atom stereocenters. The van der Waals surface area contributed by atoms with E-state index in [-0.39, 0.29) is 25.3 Å². The van der Waals surface area contributed by atoms with Gasteiger partial charge in [-0.3, -0.25) is 14.9 Å². The summed E-state index contributed by atoms with van der Waals surface area (Å²) < 4.78 is 0. The van der Waals surface area contributed by atoms with Gasteiger partial charge >= 0.3 is 12.0 Å². The number of carboxylic acids is 1. The molecule has 6 nitrogen and oxygen atoms in total. The molecule has 0 spiro atoms. The molecule has 0 aromatic carbocycles. The predicted octanol–water partition coefficient (Wildman–Crippen LogP) is -0.0537. The SMILES string of the molecule is C#CCNC(=O)NC(=O)CC(C)CC(=O)O. The average Bonchev–Trinajstić information content (AvgIpc) is 2.12. The number of carboxylic acid groups (broad SMARTS) is 1. The van der Waals surface area contributed by atoms with Crippen molar-refractivity contribution in [3.8, 4) is 12.3 Å². The summed E-state index contributed by atoms with van der Waals surface area (Å²) >= 11 is 0. The Hall–Kier alpha value is -2.03. The van der Waals surface area contributed by atoms with Crippen LogP contribution in [-0.4, -0.2) is 29.6 Å². The van der Waals surface area contributed by atoms with Gasteiger partial charge in [-0.25, -0.2) is 4.79 Å². The summed E-state index contributed by atoms with van der Waals surface area (Å²) in [6, 6.07) is -0.675. The molecule has 0 saturated heterocycles. The van der Waals surface area contributed by atoms with Gasteiger partial charge in [-0.05, 0) is 5.92 Å². The van der Waals surface area contributed by atoms with E-state index in [1.165, 1.54) is 0 Å². The fourth-order valence-corrected chi connectivity index (χ4v) is 1.04. The molecule has 88 valence electrons. The van der Waals surface area contributed by atoms with Crippen LogP contribution in [0.2, 0.25) is 0 Å². The molecule has 0 aliphatic carbocycles. The highest BCUT2D eigenvalue weighted by Gasteiger charge is 2.14. The van der Waals surface area contributed by atoms with E-state index in [0.717, 1.165) is 0 Å². The molecule has 0 rings (SSSR count). The second-order valence-electron chi connectivity index (χ2n) is 3.34. The highest BCUT2D eigenvalue weighted by atomic mass is 16.4. The Balaban J connectivity index is 3.86. The molecule has 0 radical (unpaired) electrons. The van der Waals surface area contributed by atoms with Gasteiger partial charge in [0.05, 0.1) is 6.54 Å². The van der Waals surface area contributed by atoms with Crippen molar-refractivity contribution in [2.75, 3.05) is 6.54 Å². The molecule has 0 aromatic heterocycles. The van der Waals surface area contributed by atoms with Gasteiger partial charge < -0.3 is 10.4 Å². The van der Waals surface area contributed by atoms with Crippen molar-refractivity contribution in [3.63, 3.8) is 0 Å². The van der Waals surface area contributed by atoms with Gasteiger partial charge in [0.25, 0.3) is 0 Å². The van der Waals surface area contributed by atoms with E-state index in [1.54, 1.807) is 6.92 Å². The minimum absolute atomic E-state index is 0.0181. The summed E-state index contributed by atoms with van der Waals surface area (Å²) in [6.45, 7) is 1.65. The Labute approximate surface area is 93.4 Å². The molecule has 0 aromatic rings. The zero-order valence-corrected chi connectivity index (χ0v) is 8.95. The monoisotopic (exact) mass is 226 g/mol. The van der Waals surface area contributed by atoms with Crippen molar-refractivity contribution in [3.05, 3.63) is 0 Å². The van der Waals surface area contributed by atoms with Crippen LogP contribution in [0.1, 0.15) is 19.8 Å². The first-order valence-electron chi connectivity index (χ1n) is 4.68. The molecule has 3 N–H and O–H groups in total. The van der Waals surface area contributed by atoms with Gasteiger partial charge in [-0.15, -0.1) is 6.42 Å². The molecule has 0 fully saturated rings. The molecule has 6 heteroatoms. The Morgan fingerprint density at radius 1 is 1.38 bits per heavy atom. The summed E-state index contributed by atoms with van der Waals surface area (Å²) in [5, 5.41) is 12.8. The molecule has 0 heterocycles. The largest absolute Gasteiger partial charge is 0.481 e. The lowest BCUT2D eigenvalue weighted by Gasteiger charge is -2.08. The van der Waals surface area contributed by atoms with Crippen LogP contribution in [0, 0.1) is 18.3 Å². The first-order chi connectivity index (χ1) is 7.45. The van der Waals surface area contributed by atoms with Gasteiger partial charge in [0.15, 0.2) is 0 Å². The van der Waals surface area contributed by atoms with Crippen LogP contribution in [-0.2, 0) is 9.59 Å². The Bertz CT molecular complexity index is 319. The van der Waals surface area contributed by atoms with E-state index in [4.69, 9.17) is 11.5 Å². The Kier molecular flexibility index (Phi) is 6.36. The summed E-state index contributed by atoms with van der Waals surface area (Å²) in [6.07, 6.45) is 4.77. The fourth-order valence-electron chi connectivity index (χ4n) is 1.04. The van der Waals surface area contributed by atoms with Crippen LogP contribution in [0.3, 0.4) is 0 Å². The van der Waals surface area contributed by atoms with Crippen LogP contribution in [0.25, 0.3) is 0 Å². The highest BCUT2D eigenvalue weighted by Crippen LogP contribution is 2.06. The van der Waals surface area contributed by atoms with E-state index in [1.807, 2.05) is 5.32 Å². The van der Waals surface area contributed by atoms with E-state index in [2.05, 4.69) is 11.2 Å². The number of terminal acetylenes is 1. The molecule has 0 saturated carbocycles. The number of rotatable bonds is 5. The van der Waals surface area contributed by atoms with E-state index >= 15 is 0 Å². The molecular formula is C10H14N2O4. The molecule has 1 atom stereocenters. The second kappa shape index (κ2) is 7.29. The Morgan fingerprint density at radius 3 is 2.50 bits per heavy atom. The topological polar surface area (TPSA) is 95.5 Å². The normalized spacial score (nSPS) is 11.0. The third kappa shape index (κ3) is 7.38. The van der Waals surface area contributed by atoms with Crippen LogP contribution < -0.4 is 10.6 Å². The van der Waals surface area contributed by atoms with E-state index < -0.39 is 17.9 Å². The first-order valence-corrected chi connectivity index (χ1v) is 4.68. The summed E-state index contributed by atoms with van der Waals surface area (Å²) in [4.78, 5) is 32.5. The van der Waals surface area contributed by atoms with Gasteiger partial charge in [0.1, 0.15) is 0 Å². The lowest BCUT2D eigenvalue weighted by molar-refractivity contribution is -0.138. The average molecular weight is 226 g/mol. The molecule has 0 bridgehead atoms. The number of imide groups is 1. The second-order valence-corrected chi connectivity index (χ2v) is 3.34. The third-order valence-corrected chi connectivity index (χ3v) is 1.66. The van der Waals surface area contributed by atoms with Crippen molar-refractivity contribution < 1.29 is 19.5 Å². The van der Waals surface area contributed by atoms with E-state index in [0.29, 0.717) is 0 Å². The van der Waals surface area contributed by atoms with Crippen molar-refractivity contribution in [1.29, 1.82) is 0 Å². The van der Waals surface area contributed by atoms with Crippen molar-refractivity contribution >= 4 is 17.9 Å². The lowest BCUT2D eigenvalue weighted by atomic mass is 10.0. The molecule has 0 aliphatic heterocycles. The molecule has 16 heavy (non-hydrogen) atoms. The summed E-state index contributed by atoms with van der Waals surface area (Å²) in [5.41, 5.74) is 0. The number of nitrogens with one attached hydrogen (secondary N) is 2. The van der Waals surface area contributed by atoms with Gasteiger partial charge in [-0.1, -0.05) is 12.8 Å². The number of urea groups is 1. The molecule has 0 aliphatic rings. The predicted molar refractivity (Wildman–Crippen MR) is 56.4 cm³/mol. The zero-order chi connectivity index (χ0) is 12.6. The Morgan fingerprint density at radius 2 is 2.00 bits per heavy atom. The fraction of sp³-hybridized carbons (Fsp3) is 0.500. The van der Waals surface area contributed by atoms with Crippen molar-refractivity contribution in [2.24, 2.45) is 5.92 Å². The smallest absolute Gasteiger partial charge is 0.322 e. The standard InChI is InChI=1S/C10H14N2O4/c1-3-4-11-10(16)12-8(13)5-7(2)6-9(14)15/h1,7H,4-6H2,2H3,(H,14,15)(H2,11,12,13,16). The van der Waals surface area contributed by atoms with Crippen LogP contribution in [0.15, 0.2) is 0 Å². The van der Waals surface area contributed by atoms with Gasteiger partial charge in [0, 0.05) is 12.8 Å². The summed E-state index contributed by atoms with van der Waals surface area (Å²) in [5.74, 6) is 0.357. The number of aliphatic carboxylic acids is 1. The van der Waals surface area contributed by atoms with Gasteiger partial charge in [0.2, 0.25) is 5.91 Å². The molecule has 3 amide bonds. The zero-order valence-electron chi connectivity index (χ0n) is 8.95. The number of carbonyl (C=O) groups excluding carboxylic acids is 2. The van der Waals surface area contributed by atoms with Crippen molar-refractivity contribution in [1.82, 2.24) is 10.6 Å². The molecular weight excluding hydrogens is 212 g/mol. The number of carbonyl (C=O) groups is 3. The maximum absolute atomic E-state index is 11.2. The number of hydrogen-bond donors (Lipinski definition) is 3. The first kappa shape index (κ1) is 14.0. The van der Waals surface area contributed by atoms with Crippen LogP contribution >= 0.6 is 0 Å². The highest BCUT2D eigenvalue weighted by molar-refractivity contribution is 5.94. The minimum Gasteiger partial charge on any atom is -0.481 e. The minimum atomic E-state index is -0.975. The van der Waals surface area contributed by atoms with Crippen LogP contribution in [0.5, 0.6) is 0 Å². The third-order valence-electron chi connectivity index (χ3n) is 1.66.